The highest BCUT2D eigenvalue weighted by Crippen LogP contribution is 2.22. The standard InChI is InChI=1S/C19H23N5O/c1-14-21-18(22-25-14)13-23(2)17-8-10-24(12-17)11-16-6-3-5-15-7-4-9-20-19(15)16/h3-7,9,17H,8,10-13H2,1-2H3/t17-/m1/s1. The Morgan fingerprint density at radius 3 is 3.00 bits per heavy atom. The monoisotopic (exact) mass is 337 g/mol. The molecular weight excluding hydrogens is 314 g/mol. The third kappa shape index (κ3) is 3.55. The normalized spacial score (nSPS) is 18.4. The number of fused-ring (bicyclic) bond motifs is 1. The molecule has 3 heterocycles. The molecule has 1 saturated heterocycles. The number of hydrogen-bond donors (Lipinski definition) is 0. The van der Waals surface area contributed by atoms with Gasteiger partial charge in [-0.3, -0.25) is 14.8 Å². The van der Waals surface area contributed by atoms with Crippen LogP contribution in [0.4, 0.5) is 0 Å². The third-order valence-corrected chi connectivity index (χ3v) is 4.94. The van der Waals surface area contributed by atoms with Gasteiger partial charge in [0.25, 0.3) is 0 Å². The molecule has 6 heteroatoms. The van der Waals surface area contributed by atoms with E-state index in [1.54, 1.807) is 0 Å². The topological polar surface area (TPSA) is 58.3 Å². The van der Waals surface area contributed by atoms with Gasteiger partial charge in [0.2, 0.25) is 5.89 Å². The van der Waals surface area contributed by atoms with Crippen molar-refractivity contribution in [2.24, 2.45) is 0 Å². The molecule has 0 unspecified atom stereocenters. The van der Waals surface area contributed by atoms with E-state index in [9.17, 15) is 0 Å². The summed E-state index contributed by atoms with van der Waals surface area (Å²) in [5.74, 6) is 1.39. The van der Waals surface area contributed by atoms with E-state index in [0.717, 1.165) is 43.9 Å². The maximum absolute atomic E-state index is 5.06. The lowest BCUT2D eigenvalue weighted by Crippen LogP contribution is -2.34. The zero-order valence-electron chi connectivity index (χ0n) is 14.7. The van der Waals surface area contributed by atoms with Crippen molar-refractivity contribution in [3.8, 4) is 0 Å². The van der Waals surface area contributed by atoms with Gasteiger partial charge in [-0.1, -0.05) is 29.4 Å². The zero-order chi connectivity index (χ0) is 17.2. The molecule has 1 aliphatic rings. The van der Waals surface area contributed by atoms with Crippen LogP contribution in [-0.4, -0.2) is 51.1 Å². The SMILES string of the molecule is Cc1nc(CN(C)[C@@H]2CCN(Cc3cccc4cccnc34)C2)no1. The number of likely N-dealkylation sites (tertiary alicyclic amines) is 1. The molecule has 130 valence electrons. The van der Waals surface area contributed by atoms with Gasteiger partial charge in [0.15, 0.2) is 5.82 Å². The van der Waals surface area contributed by atoms with Crippen LogP contribution in [-0.2, 0) is 13.1 Å². The van der Waals surface area contributed by atoms with Crippen molar-refractivity contribution >= 4 is 10.9 Å². The van der Waals surface area contributed by atoms with Crippen LogP contribution in [0.5, 0.6) is 0 Å². The minimum Gasteiger partial charge on any atom is -0.340 e. The summed E-state index contributed by atoms with van der Waals surface area (Å²) in [7, 11) is 2.14. The summed E-state index contributed by atoms with van der Waals surface area (Å²) in [4.78, 5) is 13.7. The molecule has 0 bridgehead atoms. The van der Waals surface area contributed by atoms with E-state index in [-0.39, 0.29) is 0 Å². The summed E-state index contributed by atoms with van der Waals surface area (Å²) in [6.45, 7) is 5.65. The fourth-order valence-electron chi connectivity index (χ4n) is 3.61. The largest absolute Gasteiger partial charge is 0.340 e. The van der Waals surface area contributed by atoms with Crippen LogP contribution >= 0.6 is 0 Å². The first kappa shape index (κ1) is 16.2. The molecule has 1 aromatic carbocycles. The molecule has 1 aliphatic heterocycles. The number of aryl methyl sites for hydroxylation is 1. The molecule has 0 amide bonds. The fraction of sp³-hybridized carbons (Fsp3) is 0.421. The first-order chi connectivity index (χ1) is 12.2. The Morgan fingerprint density at radius 2 is 2.16 bits per heavy atom. The minimum absolute atomic E-state index is 0.516. The van der Waals surface area contributed by atoms with Crippen molar-refractivity contribution in [1.82, 2.24) is 24.9 Å². The first-order valence-corrected chi connectivity index (χ1v) is 8.73. The molecule has 0 radical (unpaired) electrons. The van der Waals surface area contributed by atoms with Crippen LogP contribution in [0, 0.1) is 6.92 Å². The van der Waals surface area contributed by atoms with Crippen molar-refractivity contribution in [1.29, 1.82) is 0 Å². The molecule has 1 atom stereocenters. The van der Waals surface area contributed by atoms with Gasteiger partial charge in [-0.2, -0.15) is 4.98 Å². The molecule has 25 heavy (non-hydrogen) atoms. The molecular formula is C19H23N5O. The number of aromatic nitrogens is 3. The van der Waals surface area contributed by atoms with Gasteiger partial charge in [-0.15, -0.1) is 0 Å². The van der Waals surface area contributed by atoms with Gasteiger partial charge in [0, 0.05) is 44.2 Å². The summed E-state index contributed by atoms with van der Waals surface area (Å²) in [6.07, 6.45) is 3.03. The van der Waals surface area contributed by atoms with Crippen molar-refractivity contribution in [2.45, 2.75) is 32.5 Å². The zero-order valence-corrected chi connectivity index (χ0v) is 14.7. The van der Waals surface area contributed by atoms with Gasteiger partial charge >= 0.3 is 0 Å². The number of nitrogens with zero attached hydrogens (tertiary/aromatic N) is 5. The second-order valence-electron chi connectivity index (χ2n) is 6.81. The Labute approximate surface area is 147 Å². The summed E-state index contributed by atoms with van der Waals surface area (Å²) >= 11 is 0. The Hall–Kier alpha value is -2.31. The predicted octanol–water partition coefficient (Wildman–Crippen LogP) is 2.63. The number of hydrogen-bond acceptors (Lipinski definition) is 6. The molecule has 4 rings (SSSR count). The van der Waals surface area contributed by atoms with Gasteiger partial charge in [-0.25, -0.2) is 0 Å². The number of benzene rings is 1. The van der Waals surface area contributed by atoms with Gasteiger partial charge in [-0.05, 0) is 25.1 Å². The van der Waals surface area contributed by atoms with E-state index < -0.39 is 0 Å². The van der Waals surface area contributed by atoms with Crippen LogP contribution in [0.2, 0.25) is 0 Å². The van der Waals surface area contributed by atoms with Crippen LogP contribution < -0.4 is 0 Å². The Kier molecular flexibility index (Phi) is 4.46. The lowest BCUT2D eigenvalue weighted by Gasteiger charge is -2.23. The lowest BCUT2D eigenvalue weighted by molar-refractivity contribution is 0.216. The van der Waals surface area contributed by atoms with Crippen LogP contribution in [0.1, 0.15) is 23.7 Å². The van der Waals surface area contributed by atoms with Crippen LogP contribution in [0.15, 0.2) is 41.1 Å². The predicted molar refractivity (Wildman–Crippen MR) is 95.9 cm³/mol. The lowest BCUT2D eigenvalue weighted by atomic mass is 10.1. The van der Waals surface area contributed by atoms with Crippen molar-refractivity contribution in [3.05, 3.63) is 53.8 Å². The fourth-order valence-corrected chi connectivity index (χ4v) is 3.61. The average molecular weight is 337 g/mol. The summed E-state index contributed by atoms with van der Waals surface area (Å²) in [5.41, 5.74) is 2.42. The van der Waals surface area contributed by atoms with Gasteiger partial charge in [0.05, 0.1) is 12.1 Å². The average Bonchev–Trinajstić information content (AvgIpc) is 3.24. The van der Waals surface area contributed by atoms with E-state index in [0.29, 0.717) is 11.9 Å². The summed E-state index contributed by atoms with van der Waals surface area (Å²) in [5, 5.41) is 5.21. The summed E-state index contributed by atoms with van der Waals surface area (Å²) in [6, 6.07) is 11.1. The minimum atomic E-state index is 0.516. The Morgan fingerprint density at radius 1 is 1.28 bits per heavy atom. The van der Waals surface area contributed by atoms with E-state index in [2.05, 4.69) is 56.2 Å². The van der Waals surface area contributed by atoms with Gasteiger partial charge < -0.3 is 4.52 Å². The number of rotatable bonds is 5. The Balaban J connectivity index is 1.40. The highest BCUT2D eigenvalue weighted by Gasteiger charge is 2.26. The maximum atomic E-state index is 5.06. The number of pyridine rings is 1. The van der Waals surface area contributed by atoms with Crippen LogP contribution in [0.25, 0.3) is 10.9 Å². The molecule has 1 fully saturated rings. The van der Waals surface area contributed by atoms with E-state index in [4.69, 9.17) is 4.52 Å². The van der Waals surface area contributed by atoms with E-state index in [1.165, 1.54) is 10.9 Å². The molecule has 3 aromatic rings. The van der Waals surface area contributed by atoms with Crippen molar-refractivity contribution in [3.63, 3.8) is 0 Å². The second-order valence-corrected chi connectivity index (χ2v) is 6.81. The van der Waals surface area contributed by atoms with Crippen molar-refractivity contribution in [2.75, 3.05) is 20.1 Å². The quantitative estimate of drug-likeness (QED) is 0.713. The first-order valence-electron chi connectivity index (χ1n) is 8.73. The summed E-state index contributed by atoms with van der Waals surface area (Å²) < 4.78 is 5.06. The molecule has 0 saturated carbocycles. The van der Waals surface area contributed by atoms with Crippen molar-refractivity contribution < 1.29 is 4.52 Å². The molecule has 0 spiro atoms. The van der Waals surface area contributed by atoms with E-state index >= 15 is 0 Å². The smallest absolute Gasteiger partial charge is 0.223 e. The number of para-hydroxylation sites is 1. The molecule has 2 aromatic heterocycles. The molecule has 0 aliphatic carbocycles. The van der Waals surface area contributed by atoms with Gasteiger partial charge in [0.1, 0.15) is 0 Å². The maximum Gasteiger partial charge on any atom is 0.223 e. The second kappa shape index (κ2) is 6.90. The van der Waals surface area contributed by atoms with Crippen LogP contribution in [0.3, 0.4) is 0 Å². The highest BCUT2D eigenvalue weighted by molar-refractivity contribution is 5.81. The van der Waals surface area contributed by atoms with E-state index in [1.807, 2.05) is 19.2 Å². The molecule has 6 nitrogen and oxygen atoms in total. The number of likely N-dealkylation sites (N-methyl/N-ethyl adjacent to an activating group) is 1. The Bertz CT molecular complexity index is 856. The molecule has 0 N–H and O–H groups in total. The highest BCUT2D eigenvalue weighted by atomic mass is 16.5. The third-order valence-electron chi connectivity index (χ3n) is 4.94.